The topological polar surface area (TPSA) is 89.2 Å². The summed E-state index contributed by atoms with van der Waals surface area (Å²) in [6.07, 6.45) is 4.72. The second-order valence-electron chi connectivity index (χ2n) is 6.76. The van der Waals surface area contributed by atoms with Crippen molar-refractivity contribution >= 4 is 29.9 Å². The summed E-state index contributed by atoms with van der Waals surface area (Å²) in [5.74, 6) is 2.64. The molecule has 1 atom stereocenters. The number of hydrogen-bond acceptors (Lipinski definition) is 5. The third-order valence-electron chi connectivity index (χ3n) is 4.50. The summed E-state index contributed by atoms with van der Waals surface area (Å²) in [4.78, 5) is 13.6. The molecule has 3 heterocycles. The highest BCUT2D eigenvalue weighted by Crippen LogP contribution is 2.13. The highest BCUT2D eigenvalue weighted by molar-refractivity contribution is 14.0. The molecule has 0 saturated carbocycles. The van der Waals surface area contributed by atoms with Crippen molar-refractivity contribution in [1.29, 1.82) is 0 Å². The summed E-state index contributed by atoms with van der Waals surface area (Å²) in [5, 5.41) is 11.4. The first-order valence-corrected chi connectivity index (χ1v) is 9.56. The SMILES string of the molecule is CCNC(=NCCc1ccc(C)nc1)NC1CCc2nc(COC)nn2C1.I. The van der Waals surface area contributed by atoms with Crippen molar-refractivity contribution < 1.29 is 4.74 Å². The highest BCUT2D eigenvalue weighted by atomic mass is 127. The Morgan fingerprint density at radius 3 is 2.96 bits per heavy atom. The van der Waals surface area contributed by atoms with Gasteiger partial charge < -0.3 is 15.4 Å². The van der Waals surface area contributed by atoms with Gasteiger partial charge in [0.1, 0.15) is 12.4 Å². The zero-order chi connectivity index (χ0) is 19.1. The van der Waals surface area contributed by atoms with E-state index in [-0.39, 0.29) is 30.0 Å². The van der Waals surface area contributed by atoms with Gasteiger partial charge in [-0.3, -0.25) is 9.98 Å². The number of aryl methyl sites for hydroxylation is 2. The number of methoxy groups -OCH3 is 1. The summed E-state index contributed by atoms with van der Waals surface area (Å²) in [7, 11) is 1.66. The number of fused-ring (bicyclic) bond motifs is 1. The standard InChI is InChI=1S/C19H29N7O.HI/c1-4-20-19(21-10-9-15-6-5-14(2)22-11-15)23-16-7-8-18-24-17(13-27-3)25-26(18)12-16;/h5-6,11,16H,4,7-10,12-13H2,1-3H3,(H2,20,21,23);1H. The maximum absolute atomic E-state index is 5.13. The third-order valence-corrected chi connectivity index (χ3v) is 4.50. The summed E-state index contributed by atoms with van der Waals surface area (Å²) in [6.45, 7) is 6.87. The van der Waals surface area contributed by atoms with E-state index in [4.69, 9.17) is 9.73 Å². The first-order chi connectivity index (χ1) is 13.2. The number of guanidine groups is 1. The minimum Gasteiger partial charge on any atom is -0.377 e. The van der Waals surface area contributed by atoms with Gasteiger partial charge in [-0.25, -0.2) is 9.67 Å². The number of hydrogen-bond donors (Lipinski definition) is 2. The predicted molar refractivity (Wildman–Crippen MR) is 120 cm³/mol. The minimum absolute atomic E-state index is 0. The molecule has 2 N–H and O–H groups in total. The van der Waals surface area contributed by atoms with Crippen LogP contribution in [0.1, 0.15) is 36.3 Å². The van der Waals surface area contributed by atoms with E-state index in [1.165, 1.54) is 5.56 Å². The van der Waals surface area contributed by atoms with E-state index in [2.05, 4.69) is 38.7 Å². The molecule has 0 aromatic carbocycles. The molecule has 1 aliphatic heterocycles. The molecule has 3 rings (SSSR count). The van der Waals surface area contributed by atoms with Crippen molar-refractivity contribution in [3.05, 3.63) is 41.2 Å². The van der Waals surface area contributed by atoms with Gasteiger partial charge in [0.2, 0.25) is 0 Å². The second kappa shape index (κ2) is 11.3. The van der Waals surface area contributed by atoms with Gasteiger partial charge in [-0.15, -0.1) is 24.0 Å². The van der Waals surface area contributed by atoms with Gasteiger partial charge in [0.05, 0.1) is 6.54 Å². The molecule has 1 unspecified atom stereocenters. The molecule has 0 saturated heterocycles. The number of pyridine rings is 1. The molecule has 0 bridgehead atoms. The van der Waals surface area contributed by atoms with Crippen LogP contribution in [0.25, 0.3) is 0 Å². The van der Waals surface area contributed by atoms with Crippen LogP contribution in [-0.2, 0) is 30.7 Å². The molecule has 1 aliphatic rings. The number of ether oxygens (including phenoxy) is 1. The normalized spacial score (nSPS) is 16.2. The molecule has 0 fully saturated rings. The van der Waals surface area contributed by atoms with Crippen molar-refractivity contribution in [2.75, 3.05) is 20.2 Å². The van der Waals surface area contributed by atoms with Crippen LogP contribution in [0.5, 0.6) is 0 Å². The van der Waals surface area contributed by atoms with Crippen LogP contribution in [0.4, 0.5) is 0 Å². The molecule has 9 heteroatoms. The Morgan fingerprint density at radius 2 is 2.25 bits per heavy atom. The van der Waals surface area contributed by atoms with E-state index >= 15 is 0 Å². The molecular formula is C19H30IN7O. The van der Waals surface area contributed by atoms with Crippen molar-refractivity contribution in [2.24, 2.45) is 4.99 Å². The van der Waals surface area contributed by atoms with Gasteiger partial charge in [-0.1, -0.05) is 6.07 Å². The molecule has 0 amide bonds. The molecule has 2 aromatic rings. The fraction of sp³-hybridized carbons (Fsp3) is 0.579. The Kier molecular flexibility index (Phi) is 9.10. The highest BCUT2D eigenvalue weighted by Gasteiger charge is 2.22. The summed E-state index contributed by atoms with van der Waals surface area (Å²) < 4.78 is 7.11. The molecule has 0 radical (unpaired) electrons. The zero-order valence-corrected chi connectivity index (χ0v) is 19.1. The van der Waals surface area contributed by atoms with Crippen LogP contribution in [0.2, 0.25) is 0 Å². The first kappa shape index (κ1) is 22.5. The lowest BCUT2D eigenvalue weighted by Gasteiger charge is -2.25. The molecule has 0 spiro atoms. The van der Waals surface area contributed by atoms with Crippen molar-refractivity contribution in [3.63, 3.8) is 0 Å². The summed E-state index contributed by atoms with van der Waals surface area (Å²) in [6, 6.07) is 4.44. The lowest BCUT2D eigenvalue weighted by atomic mass is 10.1. The van der Waals surface area contributed by atoms with Gasteiger partial charge in [0.15, 0.2) is 11.8 Å². The van der Waals surface area contributed by atoms with Crippen LogP contribution in [0.3, 0.4) is 0 Å². The van der Waals surface area contributed by atoms with Gasteiger partial charge in [-0.05, 0) is 38.3 Å². The molecule has 154 valence electrons. The van der Waals surface area contributed by atoms with Crippen LogP contribution in [0, 0.1) is 6.92 Å². The smallest absolute Gasteiger partial charge is 0.191 e. The maximum Gasteiger partial charge on any atom is 0.191 e. The van der Waals surface area contributed by atoms with Gasteiger partial charge in [0, 0.05) is 44.6 Å². The van der Waals surface area contributed by atoms with Crippen LogP contribution in [-0.4, -0.2) is 51.9 Å². The fourth-order valence-corrected chi connectivity index (χ4v) is 3.13. The number of halogens is 1. The third kappa shape index (κ3) is 6.40. The summed E-state index contributed by atoms with van der Waals surface area (Å²) in [5.41, 5.74) is 2.24. The van der Waals surface area contributed by atoms with Gasteiger partial charge in [0.25, 0.3) is 0 Å². The Morgan fingerprint density at radius 1 is 1.39 bits per heavy atom. The predicted octanol–water partition coefficient (Wildman–Crippen LogP) is 1.86. The van der Waals surface area contributed by atoms with E-state index in [0.717, 1.165) is 62.2 Å². The number of rotatable bonds is 7. The lowest BCUT2D eigenvalue weighted by molar-refractivity contribution is 0.177. The largest absolute Gasteiger partial charge is 0.377 e. The van der Waals surface area contributed by atoms with Crippen molar-refractivity contribution in [2.45, 2.75) is 52.3 Å². The lowest BCUT2D eigenvalue weighted by Crippen LogP contribution is -2.47. The van der Waals surface area contributed by atoms with E-state index < -0.39 is 0 Å². The molecular weight excluding hydrogens is 469 g/mol. The molecule has 8 nitrogen and oxygen atoms in total. The van der Waals surface area contributed by atoms with Crippen molar-refractivity contribution in [3.8, 4) is 0 Å². The summed E-state index contributed by atoms with van der Waals surface area (Å²) >= 11 is 0. The molecule has 2 aromatic heterocycles. The number of nitrogens with zero attached hydrogens (tertiary/aromatic N) is 5. The van der Waals surface area contributed by atoms with Crippen LogP contribution >= 0.6 is 24.0 Å². The van der Waals surface area contributed by atoms with Gasteiger partial charge in [-0.2, -0.15) is 5.10 Å². The van der Waals surface area contributed by atoms with Crippen LogP contribution < -0.4 is 10.6 Å². The average Bonchev–Trinajstić information content (AvgIpc) is 3.05. The van der Waals surface area contributed by atoms with E-state index in [9.17, 15) is 0 Å². The van der Waals surface area contributed by atoms with E-state index in [1.807, 2.05) is 23.9 Å². The average molecular weight is 499 g/mol. The Bertz CT molecular complexity index is 760. The minimum atomic E-state index is 0. The molecule has 0 aliphatic carbocycles. The monoisotopic (exact) mass is 499 g/mol. The van der Waals surface area contributed by atoms with E-state index in [1.54, 1.807) is 7.11 Å². The van der Waals surface area contributed by atoms with E-state index in [0.29, 0.717) is 6.61 Å². The second-order valence-corrected chi connectivity index (χ2v) is 6.76. The fourth-order valence-electron chi connectivity index (χ4n) is 3.13. The Labute approximate surface area is 183 Å². The zero-order valence-electron chi connectivity index (χ0n) is 16.8. The number of aromatic nitrogens is 4. The number of aliphatic imine (C=N–C) groups is 1. The van der Waals surface area contributed by atoms with Crippen LogP contribution in [0.15, 0.2) is 23.3 Å². The molecule has 28 heavy (non-hydrogen) atoms. The van der Waals surface area contributed by atoms with Gasteiger partial charge >= 0.3 is 0 Å². The Hall–Kier alpha value is -1.75. The quantitative estimate of drug-likeness (QED) is 0.344. The number of nitrogens with one attached hydrogen (secondary N) is 2. The van der Waals surface area contributed by atoms with Crippen molar-refractivity contribution in [1.82, 2.24) is 30.4 Å². The Balaban J connectivity index is 0.00000280. The first-order valence-electron chi connectivity index (χ1n) is 9.56. The maximum atomic E-state index is 5.13.